The van der Waals surface area contributed by atoms with Gasteiger partial charge in [-0.15, -0.1) is 0 Å². The van der Waals surface area contributed by atoms with Gasteiger partial charge in [0, 0.05) is 31.0 Å². The molecule has 2 heterocycles. The highest BCUT2D eigenvalue weighted by atomic mass is 16.3. The smallest absolute Gasteiger partial charge is 0.0997 e. The van der Waals surface area contributed by atoms with Crippen LogP contribution in [-0.4, -0.2) is 19.6 Å². The van der Waals surface area contributed by atoms with Crippen LogP contribution in [-0.2, 0) is 13.0 Å². The second kappa shape index (κ2) is 5.64. The van der Waals surface area contributed by atoms with Crippen molar-refractivity contribution in [2.75, 3.05) is 5.73 Å². The number of aromatic nitrogens is 3. The lowest BCUT2D eigenvalue weighted by Gasteiger charge is -2.14. The van der Waals surface area contributed by atoms with Gasteiger partial charge < -0.3 is 15.4 Å². The van der Waals surface area contributed by atoms with E-state index in [2.05, 4.69) is 16.9 Å². The zero-order valence-electron chi connectivity index (χ0n) is 10.5. The molecule has 0 aliphatic rings. The summed E-state index contributed by atoms with van der Waals surface area (Å²) in [7, 11) is 0. The van der Waals surface area contributed by atoms with Crippen LogP contribution in [0.15, 0.2) is 31.0 Å². The van der Waals surface area contributed by atoms with E-state index in [1.54, 1.807) is 31.0 Å². The number of hydrogen-bond donors (Lipinski definition) is 2. The Morgan fingerprint density at radius 1 is 1.39 bits per heavy atom. The third-order valence-corrected chi connectivity index (χ3v) is 2.91. The number of aryl methyl sites for hydroxylation is 1. The Hall–Kier alpha value is -1.88. The summed E-state index contributed by atoms with van der Waals surface area (Å²) >= 11 is 0. The molecule has 0 aromatic carbocycles. The quantitative estimate of drug-likeness (QED) is 0.839. The highest BCUT2D eigenvalue weighted by Crippen LogP contribution is 2.21. The van der Waals surface area contributed by atoms with Gasteiger partial charge in [-0.3, -0.25) is 4.98 Å². The minimum absolute atomic E-state index is 0.453. The molecule has 96 valence electrons. The van der Waals surface area contributed by atoms with Crippen molar-refractivity contribution in [2.24, 2.45) is 0 Å². The molecule has 1 atom stereocenters. The van der Waals surface area contributed by atoms with Gasteiger partial charge in [0.1, 0.15) is 0 Å². The average Bonchev–Trinajstić information content (AvgIpc) is 2.81. The number of rotatable bonds is 5. The van der Waals surface area contributed by atoms with Gasteiger partial charge >= 0.3 is 0 Å². The van der Waals surface area contributed by atoms with Crippen LogP contribution < -0.4 is 5.73 Å². The molecular weight excluding hydrogens is 228 g/mol. The lowest BCUT2D eigenvalue weighted by atomic mass is 10.1. The second-order valence-electron chi connectivity index (χ2n) is 4.31. The monoisotopic (exact) mass is 246 g/mol. The normalized spacial score (nSPS) is 12.6. The Kier molecular flexibility index (Phi) is 3.94. The summed E-state index contributed by atoms with van der Waals surface area (Å²) in [6, 6.07) is 1.74. The summed E-state index contributed by atoms with van der Waals surface area (Å²) in [6.07, 6.45) is 7.64. The predicted octanol–water partition coefficient (Wildman–Crippen LogP) is 1.55. The molecule has 0 saturated carbocycles. The van der Waals surface area contributed by atoms with Crippen LogP contribution >= 0.6 is 0 Å². The maximum Gasteiger partial charge on any atom is 0.0997 e. The van der Waals surface area contributed by atoms with E-state index in [0.29, 0.717) is 12.1 Å². The van der Waals surface area contributed by atoms with Crippen LogP contribution in [0.3, 0.4) is 0 Å². The fraction of sp³-hybridized carbons (Fsp3) is 0.385. The first kappa shape index (κ1) is 12.6. The Balaban J connectivity index is 2.14. The largest absolute Gasteiger partial charge is 0.398 e. The summed E-state index contributed by atoms with van der Waals surface area (Å²) in [6.45, 7) is 2.95. The molecule has 0 aliphatic carbocycles. The number of nitrogens with zero attached hydrogens (tertiary/aromatic N) is 3. The van der Waals surface area contributed by atoms with E-state index in [-0.39, 0.29) is 0 Å². The summed E-state index contributed by atoms with van der Waals surface area (Å²) in [5.41, 5.74) is 8.18. The Morgan fingerprint density at radius 2 is 2.22 bits per heavy atom. The molecule has 5 nitrogen and oxygen atoms in total. The Labute approximate surface area is 106 Å². The molecule has 2 aromatic heterocycles. The van der Waals surface area contributed by atoms with Gasteiger partial charge in [0.25, 0.3) is 0 Å². The summed E-state index contributed by atoms with van der Waals surface area (Å²) in [5, 5.41) is 10.3. The summed E-state index contributed by atoms with van der Waals surface area (Å²) in [4.78, 5) is 8.11. The number of nitrogens with two attached hydrogens (primary N) is 1. The molecule has 0 fully saturated rings. The minimum Gasteiger partial charge on any atom is -0.398 e. The van der Waals surface area contributed by atoms with E-state index in [1.807, 2.05) is 4.57 Å². The van der Waals surface area contributed by atoms with Crippen LogP contribution in [0.2, 0.25) is 0 Å². The third-order valence-electron chi connectivity index (χ3n) is 2.91. The summed E-state index contributed by atoms with van der Waals surface area (Å²) < 4.78 is 1.97. The number of aliphatic hydroxyl groups excluding tert-OH is 1. The van der Waals surface area contributed by atoms with Crippen molar-refractivity contribution in [1.29, 1.82) is 0 Å². The molecule has 2 aromatic rings. The number of imidazole rings is 1. The molecular formula is C13H18N4O. The molecule has 0 radical (unpaired) electrons. The van der Waals surface area contributed by atoms with Crippen LogP contribution in [0.1, 0.15) is 30.7 Å². The van der Waals surface area contributed by atoms with Crippen molar-refractivity contribution in [1.82, 2.24) is 14.5 Å². The topological polar surface area (TPSA) is 77.0 Å². The number of hydrogen-bond acceptors (Lipinski definition) is 4. The molecule has 0 bridgehead atoms. The molecule has 5 heteroatoms. The van der Waals surface area contributed by atoms with Gasteiger partial charge in [0.05, 0.1) is 24.3 Å². The molecule has 1 unspecified atom stereocenters. The second-order valence-corrected chi connectivity index (χ2v) is 4.31. The minimum atomic E-state index is -0.606. The van der Waals surface area contributed by atoms with Crippen molar-refractivity contribution in [2.45, 2.75) is 32.4 Å². The van der Waals surface area contributed by atoms with Gasteiger partial charge in [0.15, 0.2) is 0 Å². The van der Waals surface area contributed by atoms with Crippen molar-refractivity contribution in [3.63, 3.8) is 0 Å². The van der Waals surface area contributed by atoms with Crippen LogP contribution in [0.5, 0.6) is 0 Å². The first-order valence-corrected chi connectivity index (χ1v) is 6.08. The lowest BCUT2D eigenvalue weighted by molar-refractivity contribution is 0.168. The third kappa shape index (κ3) is 2.68. The molecule has 18 heavy (non-hydrogen) atoms. The van der Waals surface area contributed by atoms with Crippen molar-refractivity contribution in [3.8, 4) is 0 Å². The molecule has 0 amide bonds. The maximum absolute atomic E-state index is 10.3. The molecule has 2 rings (SSSR count). The van der Waals surface area contributed by atoms with Gasteiger partial charge in [-0.2, -0.15) is 0 Å². The average molecular weight is 246 g/mol. The van der Waals surface area contributed by atoms with Crippen LogP contribution in [0, 0.1) is 0 Å². The van der Waals surface area contributed by atoms with E-state index in [4.69, 9.17) is 5.73 Å². The van der Waals surface area contributed by atoms with E-state index in [1.165, 1.54) is 0 Å². The maximum atomic E-state index is 10.3. The molecule has 0 aliphatic heterocycles. The zero-order valence-corrected chi connectivity index (χ0v) is 10.5. The van der Waals surface area contributed by atoms with Gasteiger partial charge in [-0.1, -0.05) is 6.92 Å². The molecule has 0 saturated heterocycles. The first-order valence-electron chi connectivity index (χ1n) is 6.08. The van der Waals surface area contributed by atoms with Crippen LogP contribution in [0.4, 0.5) is 5.69 Å². The van der Waals surface area contributed by atoms with Crippen molar-refractivity contribution < 1.29 is 5.11 Å². The van der Waals surface area contributed by atoms with Crippen molar-refractivity contribution in [3.05, 3.63) is 42.2 Å². The number of pyridine rings is 1. The number of anilines is 1. The predicted molar refractivity (Wildman–Crippen MR) is 69.8 cm³/mol. The van der Waals surface area contributed by atoms with Gasteiger partial charge in [-0.05, 0) is 18.1 Å². The lowest BCUT2D eigenvalue weighted by Crippen LogP contribution is -2.10. The zero-order chi connectivity index (χ0) is 13.0. The number of nitrogen functional groups attached to an aromatic ring is 1. The molecule has 3 N–H and O–H groups in total. The van der Waals surface area contributed by atoms with E-state index < -0.39 is 6.10 Å². The fourth-order valence-corrected chi connectivity index (χ4v) is 1.96. The van der Waals surface area contributed by atoms with Crippen LogP contribution in [0.25, 0.3) is 0 Å². The Bertz CT molecular complexity index is 509. The van der Waals surface area contributed by atoms with E-state index >= 15 is 0 Å². The SMILES string of the molecule is CCCn1cncc1C(O)Cc1cnccc1N. The highest BCUT2D eigenvalue weighted by Gasteiger charge is 2.14. The standard InChI is InChI=1S/C13H18N4O/c1-2-5-17-9-16-8-12(17)13(18)6-10-7-15-4-3-11(10)14/h3-4,7-9,13,18H,2,5-6H2,1H3,(H2,14,15). The number of aliphatic hydroxyl groups is 1. The van der Waals surface area contributed by atoms with Gasteiger partial charge in [-0.25, -0.2) is 4.98 Å². The van der Waals surface area contributed by atoms with E-state index in [0.717, 1.165) is 24.2 Å². The first-order chi connectivity index (χ1) is 8.72. The summed E-state index contributed by atoms with van der Waals surface area (Å²) in [5.74, 6) is 0. The van der Waals surface area contributed by atoms with Gasteiger partial charge in [0.2, 0.25) is 0 Å². The van der Waals surface area contributed by atoms with Crippen molar-refractivity contribution >= 4 is 5.69 Å². The van der Waals surface area contributed by atoms with E-state index in [9.17, 15) is 5.11 Å². The Morgan fingerprint density at radius 3 is 2.94 bits per heavy atom. The fourth-order valence-electron chi connectivity index (χ4n) is 1.96. The highest BCUT2D eigenvalue weighted by molar-refractivity contribution is 5.44. The molecule has 0 spiro atoms.